The van der Waals surface area contributed by atoms with Crippen LogP contribution in [0.4, 0.5) is 8.78 Å². The quantitative estimate of drug-likeness (QED) is 0.829. The summed E-state index contributed by atoms with van der Waals surface area (Å²) in [6, 6.07) is 2.79. The molecule has 1 aliphatic carbocycles. The van der Waals surface area contributed by atoms with E-state index in [1.165, 1.54) is 13.2 Å². The Labute approximate surface area is 87.2 Å². The number of nitrogens with one attached hydrogen (secondary N) is 1. The van der Waals surface area contributed by atoms with Gasteiger partial charge in [-0.1, -0.05) is 0 Å². The van der Waals surface area contributed by atoms with E-state index >= 15 is 0 Å². The average Bonchev–Trinajstić information content (AvgIpc) is 3.00. The third-order valence-corrected chi connectivity index (χ3v) is 2.84. The molecule has 15 heavy (non-hydrogen) atoms. The first-order valence-electron chi connectivity index (χ1n) is 4.88. The fourth-order valence-electron chi connectivity index (χ4n) is 1.91. The summed E-state index contributed by atoms with van der Waals surface area (Å²) in [4.78, 5) is 0. The van der Waals surface area contributed by atoms with E-state index in [4.69, 9.17) is 4.74 Å². The van der Waals surface area contributed by atoms with Crippen molar-refractivity contribution in [2.75, 3.05) is 14.2 Å². The second-order valence-corrected chi connectivity index (χ2v) is 3.71. The Hall–Kier alpha value is -1.16. The van der Waals surface area contributed by atoms with Gasteiger partial charge in [0.25, 0.3) is 0 Å². The first-order chi connectivity index (χ1) is 7.19. The highest BCUT2D eigenvalue weighted by Gasteiger charge is 2.41. The smallest absolute Gasteiger partial charge is 0.166 e. The van der Waals surface area contributed by atoms with E-state index < -0.39 is 11.6 Å². The van der Waals surface area contributed by atoms with Gasteiger partial charge in [-0.3, -0.25) is 0 Å². The van der Waals surface area contributed by atoms with Crippen molar-refractivity contribution in [2.24, 2.45) is 0 Å². The van der Waals surface area contributed by atoms with Crippen molar-refractivity contribution in [1.29, 1.82) is 0 Å². The summed E-state index contributed by atoms with van der Waals surface area (Å²) in [7, 11) is 3.28. The minimum Gasteiger partial charge on any atom is -0.496 e. The van der Waals surface area contributed by atoms with Crippen molar-refractivity contribution < 1.29 is 13.5 Å². The Balaban J connectivity index is 2.39. The number of likely N-dealkylation sites (N-methyl/N-ethyl adjacent to an activating group) is 1. The van der Waals surface area contributed by atoms with Gasteiger partial charge in [-0.15, -0.1) is 0 Å². The van der Waals surface area contributed by atoms with Crippen LogP contribution in [0.25, 0.3) is 0 Å². The lowest BCUT2D eigenvalue weighted by atomic mass is 10.1. The van der Waals surface area contributed by atoms with Gasteiger partial charge >= 0.3 is 0 Å². The summed E-state index contributed by atoms with van der Waals surface area (Å²) in [6.45, 7) is 0. The highest BCUT2D eigenvalue weighted by Crippen LogP contribution is 2.46. The molecule has 1 N–H and O–H groups in total. The number of benzene rings is 1. The minimum absolute atomic E-state index is 0.0284. The van der Waals surface area contributed by atoms with Gasteiger partial charge < -0.3 is 10.1 Å². The Morgan fingerprint density at radius 3 is 2.67 bits per heavy atom. The molecule has 1 aromatic carbocycles. The molecule has 0 aromatic heterocycles. The van der Waals surface area contributed by atoms with Crippen molar-refractivity contribution in [3.05, 3.63) is 29.3 Å². The van der Waals surface area contributed by atoms with Crippen LogP contribution in [0.15, 0.2) is 12.1 Å². The van der Waals surface area contributed by atoms with E-state index in [2.05, 4.69) is 5.32 Å². The SMILES string of the molecule is CNC1CC1c1c(OC)ccc(F)c1F. The molecule has 0 aliphatic heterocycles. The van der Waals surface area contributed by atoms with Crippen molar-refractivity contribution in [1.82, 2.24) is 5.32 Å². The summed E-state index contributed by atoms with van der Waals surface area (Å²) < 4.78 is 31.7. The van der Waals surface area contributed by atoms with E-state index in [1.807, 2.05) is 7.05 Å². The molecule has 0 saturated heterocycles. The maximum atomic E-state index is 13.6. The predicted molar refractivity (Wildman–Crippen MR) is 53.1 cm³/mol. The second kappa shape index (κ2) is 3.77. The molecular formula is C11H13F2NO. The molecule has 82 valence electrons. The molecule has 0 spiro atoms. The van der Waals surface area contributed by atoms with Gasteiger partial charge in [0.2, 0.25) is 0 Å². The van der Waals surface area contributed by atoms with Crippen LogP contribution in [0.1, 0.15) is 17.9 Å². The van der Waals surface area contributed by atoms with Crippen molar-refractivity contribution >= 4 is 0 Å². The van der Waals surface area contributed by atoms with E-state index in [0.717, 1.165) is 12.5 Å². The number of hydrogen-bond donors (Lipinski definition) is 1. The molecule has 4 heteroatoms. The molecule has 2 atom stereocenters. The highest BCUT2D eigenvalue weighted by molar-refractivity contribution is 5.42. The van der Waals surface area contributed by atoms with Crippen molar-refractivity contribution in [3.63, 3.8) is 0 Å². The van der Waals surface area contributed by atoms with Crippen molar-refractivity contribution in [2.45, 2.75) is 18.4 Å². The van der Waals surface area contributed by atoms with Crippen LogP contribution in [-0.2, 0) is 0 Å². The normalized spacial score (nSPS) is 24.0. The zero-order chi connectivity index (χ0) is 11.0. The lowest BCUT2D eigenvalue weighted by Crippen LogP contribution is -2.11. The predicted octanol–water partition coefficient (Wildman–Crippen LogP) is 2.05. The summed E-state index contributed by atoms with van der Waals surface area (Å²) in [5.74, 6) is -1.14. The molecule has 0 radical (unpaired) electrons. The number of rotatable bonds is 3. The minimum atomic E-state index is -0.812. The van der Waals surface area contributed by atoms with Gasteiger partial charge in [0.1, 0.15) is 5.75 Å². The first-order valence-corrected chi connectivity index (χ1v) is 4.88. The van der Waals surface area contributed by atoms with Crippen LogP contribution in [0.5, 0.6) is 5.75 Å². The lowest BCUT2D eigenvalue weighted by molar-refractivity contribution is 0.397. The van der Waals surface area contributed by atoms with Crippen LogP contribution in [0.3, 0.4) is 0 Å². The first kappa shape index (κ1) is 10.4. The Morgan fingerprint density at radius 2 is 2.13 bits per heavy atom. The monoisotopic (exact) mass is 213 g/mol. The van der Waals surface area contributed by atoms with Gasteiger partial charge in [-0.05, 0) is 25.6 Å². The summed E-state index contributed by atoms with van der Waals surface area (Å²) in [6.07, 6.45) is 0.827. The Morgan fingerprint density at radius 1 is 1.40 bits per heavy atom. The van der Waals surface area contributed by atoms with Gasteiger partial charge in [0.05, 0.1) is 7.11 Å². The molecular weight excluding hydrogens is 200 g/mol. The molecule has 0 bridgehead atoms. The van der Waals surface area contributed by atoms with Crippen molar-refractivity contribution in [3.8, 4) is 5.75 Å². The van der Waals surface area contributed by atoms with Gasteiger partial charge in [0.15, 0.2) is 11.6 Å². The fourth-order valence-corrected chi connectivity index (χ4v) is 1.91. The number of methoxy groups -OCH3 is 1. The molecule has 1 aromatic rings. The van der Waals surface area contributed by atoms with E-state index in [0.29, 0.717) is 11.3 Å². The van der Waals surface area contributed by atoms with Crippen LogP contribution in [-0.4, -0.2) is 20.2 Å². The molecule has 2 nitrogen and oxygen atoms in total. The largest absolute Gasteiger partial charge is 0.496 e. The van der Waals surface area contributed by atoms with Crippen LogP contribution >= 0.6 is 0 Å². The van der Waals surface area contributed by atoms with Gasteiger partial charge in [0, 0.05) is 17.5 Å². The molecule has 2 unspecified atom stereocenters. The number of hydrogen-bond acceptors (Lipinski definition) is 2. The molecule has 2 rings (SSSR count). The van der Waals surface area contributed by atoms with Gasteiger partial charge in [-0.25, -0.2) is 8.78 Å². The Bertz CT molecular complexity index is 381. The van der Waals surface area contributed by atoms with Crippen LogP contribution in [0.2, 0.25) is 0 Å². The van der Waals surface area contributed by atoms with Gasteiger partial charge in [-0.2, -0.15) is 0 Å². The molecule has 0 amide bonds. The highest BCUT2D eigenvalue weighted by atomic mass is 19.2. The Kier molecular flexibility index (Phi) is 2.61. The number of ether oxygens (including phenoxy) is 1. The topological polar surface area (TPSA) is 21.3 Å². The molecule has 1 saturated carbocycles. The number of halogens is 2. The van der Waals surface area contributed by atoms with Crippen LogP contribution in [0, 0.1) is 11.6 Å². The zero-order valence-electron chi connectivity index (χ0n) is 8.68. The van der Waals surface area contributed by atoms with Crippen LogP contribution < -0.4 is 10.1 Å². The fraction of sp³-hybridized carbons (Fsp3) is 0.455. The summed E-state index contributed by atoms with van der Waals surface area (Å²) in [5.41, 5.74) is 0.358. The molecule has 1 aliphatic rings. The zero-order valence-corrected chi connectivity index (χ0v) is 8.68. The molecule has 1 fully saturated rings. The lowest BCUT2D eigenvalue weighted by Gasteiger charge is -2.09. The summed E-state index contributed by atoms with van der Waals surface area (Å²) >= 11 is 0. The second-order valence-electron chi connectivity index (χ2n) is 3.71. The average molecular weight is 213 g/mol. The summed E-state index contributed by atoms with van der Waals surface area (Å²) in [5, 5.41) is 3.04. The third kappa shape index (κ3) is 1.69. The maximum Gasteiger partial charge on any atom is 0.166 e. The third-order valence-electron chi connectivity index (χ3n) is 2.84. The van der Waals surface area contributed by atoms with E-state index in [1.54, 1.807) is 0 Å². The maximum absolute atomic E-state index is 13.6. The molecule has 0 heterocycles. The van der Waals surface area contributed by atoms with E-state index in [9.17, 15) is 8.78 Å². The van der Waals surface area contributed by atoms with E-state index in [-0.39, 0.29) is 12.0 Å². The standard InChI is InChI=1S/C11H13F2NO/c1-14-8-5-6(8)10-9(15-2)4-3-7(12)11(10)13/h3-4,6,8,14H,5H2,1-2H3.